The molecule has 6 heteroatoms. The molecule has 1 aliphatic heterocycles. The van der Waals surface area contributed by atoms with E-state index in [-0.39, 0.29) is 12.5 Å². The van der Waals surface area contributed by atoms with Crippen LogP contribution in [-0.2, 0) is 14.3 Å². The highest BCUT2D eigenvalue weighted by Gasteiger charge is 2.30. The fraction of sp³-hybridized carbons (Fsp3) is 0.467. The summed E-state index contributed by atoms with van der Waals surface area (Å²) in [6, 6.07) is 5.30. The molecule has 1 saturated heterocycles. The second-order valence-corrected chi connectivity index (χ2v) is 4.82. The molecule has 1 atom stereocenters. The Morgan fingerprint density at radius 3 is 2.76 bits per heavy atom. The molecule has 0 aliphatic carbocycles. The van der Waals surface area contributed by atoms with Gasteiger partial charge in [0.25, 0.3) is 5.91 Å². The second-order valence-electron chi connectivity index (χ2n) is 4.82. The van der Waals surface area contributed by atoms with E-state index in [2.05, 4.69) is 4.74 Å². The molecule has 0 aromatic heterocycles. The molecule has 0 radical (unpaired) electrons. The van der Waals surface area contributed by atoms with Crippen LogP contribution in [0.4, 0.5) is 0 Å². The van der Waals surface area contributed by atoms with Gasteiger partial charge in [-0.1, -0.05) is 6.07 Å². The lowest BCUT2D eigenvalue weighted by Crippen LogP contribution is -2.48. The molecule has 0 N–H and O–H groups in total. The van der Waals surface area contributed by atoms with E-state index in [1.165, 1.54) is 7.11 Å². The smallest absolute Gasteiger partial charge is 0.336 e. The average Bonchev–Trinajstić information content (AvgIpc) is 2.54. The van der Waals surface area contributed by atoms with Crippen LogP contribution < -0.4 is 4.74 Å². The molecular formula is C15H19NO5. The van der Waals surface area contributed by atoms with Gasteiger partial charge in [-0.3, -0.25) is 4.79 Å². The highest BCUT2D eigenvalue weighted by molar-refractivity contribution is 5.95. The van der Waals surface area contributed by atoms with E-state index in [9.17, 15) is 9.59 Å². The predicted molar refractivity (Wildman–Crippen MR) is 75.4 cm³/mol. The highest BCUT2D eigenvalue weighted by Crippen LogP contribution is 2.21. The normalized spacial score (nSPS) is 18.2. The van der Waals surface area contributed by atoms with E-state index in [1.54, 1.807) is 24.1 Å². The van der Waals surface area contributed by atoms with Crippen molar-refractivity contribution in [3.05, 3.63) is 29.3 Å². The number of carbonyl (C=O) groups is 2. The molecular weight excluding hydrogens is 274 g/mol. The van der Waals surface area contributed by atoms with E-state index < -0.39 is 12.1 Å². The zero-order valence-electron chi connectivity index (χ0n) is 12.4. The number of carbonyl (C=O) groups excluding carboxylic acids is 2. The molecule has 1 heterocycles. The van der Waals surface area contributed by atoms with Gasteiger partial charge >= 0.3 is 5.97 Å². The summed E-state index contributed by atoms with van der Waals surface area (Å²) in [6.07, 6.45) is -0.722. The third-order valence-electron chi connectivity index (χ3n) is 3.47. The van der Waals surface area contributed by atoms with E-state index in [0.717, 1.165) is 5.56 Å². The summed E-state index contributed by atoms with van der Waals surface area (Å²) >= 11 is 0. The molecule has 1 aromatic rings. The molecule has 1 fully saturated rings. The Labute approximate surface area is 123 Å². The van der Waals surface area contributed by atoms with E-state index in [1.807, 2.05) is 13.0 Å². The van der Waals surface area contributed by atoms with Crippen molar-refractivity contribution in [3.8, 4) is 5.75 Å². The van der Waals surface area contributed by atoms with Gasteiger partial charge in [0, 0.05) is 12.1 Å². The molecule has 2 rings (SSSR count). The van der Waals surface area contributed by atoms with Crippen LogP contribution in [0.2, 0.25) is 0 Å². The summed E-state index contributed by atoms with van der Waals surface area (Å²) in [4.78, 5) is 25.6. The minimum absolute atomic E-state index is 0.148. The maximum Gasteiger partial charge on any atom is 0.336 e. The number of aryl methyl sites for hydroxylation is 1. The zero-order valence-corrected chi connectivity index (χ0v) is 12.4. The van der Waals surface area contributed by atoms with Crippen LogP contribution in [0.5, 0.6) is 5.75 Å². The summed E-state index contributed by atoms with van der Waals surface area (Å²) < 4.78 is 15.2. The average molecular weight is 293 g/mol. The van der Waals surface area contributed by atoms with Gasteiger partial charge in [0.1, 0.15) is 5.75 Å². The van der Waals surface area contributed by atoms with Crippen molar-refractivity contribution in [2.75, 3.05) is 33.9 Å². The lowest BCUT2D eigenvalue weighted by atomic mass is 10.1. The monoisotopic (exact) mass is 293 g/mol. The zero-order chi connectivity index (χ0) is 15.4. The summed E-state index contributed by atoms with van der Waals surface area (Å²) in [5, 5.41) is 0. The Kier molecular flexibility index (Phi) is 4.80. The van der Waals surface area contributed by atoms with Crippen molar-refractivity contribution in [1.29, 1.82) is 0 Å². The quantitative estimate of drug-likeness (QED) is 0.778. The van der Waals surface area contributed by atoms with Crippen LogP contribution in [0.15, 0.2) is 18.2 Å². The number of ether oxygens (including phenoxy) is 3. The Hall–Kier alpha value is -2.08. The van der Waals surface area contributed by atoms with Crippen LogP contribution >= 0.6 is 0 Å². The van der Waals surface area contributed by atoms with Crippen molar-refractivity contribution >= 4 is 11.9 Å². The van der Waals surface area contributed by atoms with Crippen molar-refractivity contribution in [3.63, 3.8) is 0 Å². The maximum absolute atomic E-state index is 12.5. The summed E-state index contributed by atoms with van der Waals surface area (Å²) in [5.41, 5.74) is 1.49. The van der Waals surface area contributed by atoms with Crippen LogP contribution in [0.25, 0.3) is 0 Å². The van der Waals surface area contributed by atoms with Gasteiger partial charge in [0.2, 0.25) is 0 Å². The van der Waals surface area contributed by atoms with Gasteiger partial charge < -0.3 is 19.1 Å². The molecule has 21 heavy (non-hydrogen) atoms. The van der Waals surface area contributed by atoms with Gasteiger partial charge in [-0.05, 0) is 24.6 Å². The maximum atomic E-state index is 12.5. The Morgan fingerprint density at radius 2 is 2.10 bits per heavy atom. The first-order valence-electron chi connectivity index (χ1n) is 6.70. The van der Waals surface area contributed by atoms with Crippen molar-refractivity contribution < 1.29 is 23.8 Å². The van der Waals surface area contributed by atoms with Gasteiger partial charge in [0.15, 0.2) is 6.10 Å². The molecule has 6 nitrogen and oxygen atoms in total. The molecule has 0 bridgehead atoms. The summed E-state index contributed by atoms with van der Waals surface area (Å²) in [6.45, 7) is 2.87. The van der Waals surface area contributed by atoms with Crippen LogP contribution in [0.3, 0.4) is 0 Å². The number of rotatable bonds is 3. The van der Waals surface area contributed by atoms with Crippen LogP contribution in [-0.4, -0.2) is 56.8 Å². The highest BCUT2D eigenvalue weighted by atomic mass is 16.6. The first-order chi connectivity index (χ1) is 10.1. The van der Waals surface area contributed by atoms with E-state index in [0.29, 0.717) is 24.5 Å². The van der Waals surface area contributed by atoms with E-state index >= 15 is 0 Å². The number of methoxy groups -OCH3 is 2. The Morgan fingerprint density at radius 1 is 1.33 bits per heavy atom. The number of nitrogens with zero attached hydrogens (tertiary/aromatic N) is 1. The summed E-state index contributed by atoms with van der Waals surface area (Å²) in [5.74, 6) is 0.0538. The molecule has 1 unspecified atom stereocenters. The summed E-state index contributed by atoms with van der Waals surface area (Å²) in [7, 11) is 2.87. The molecule has 114 valence electrons. The van der Waals surface area contributed by atoms with Gasteiger partial charge in [-0.15, -0.1) is 0 Å². The lowest BCUT2D eigenvalue weighted by molar-refractivity contribution is -0.158. The van der Waals surface area contributed by atoms with Gasteiger partial charge in [0.05, 0.1) is 27.4 Å². The third-order valence-corrected chi connectivity index (χ3v) is 3.47. The molecule has 1 aliphatic rings. The topological polar surface area (TPSA) is 65.1 Å². The van der Waals surface area contributed by atoms with Gasteiger partial charge in [-0.25, -0.2) is 4.79 Å². The predicted octanol–water partition coefficient (Wildman–Crippen LogP) is 1.02. The number of morpholine rings is 1. The van der Waals surface area contributed by atoms with Crippen molar-refractivity contribution in [2.24, 2.45) is 0 Å². The number of esters is 1. The van der Waals surface area contributed by atoms with Crippen molar-refractivity contribution in [1.82, 2.24) is 4.90 Å². The first-order valence-corrected chi connectivity index (χ1v) is 6.70. The Bertz CT molecular complexity index is 543. The number of benzene rings is 1. The molecule has 1 amide bonds. The SMILES string of the molecule is COC(=O)C1CN(C(=O)c2ccc(C)c(OC)c2)CCO1. The van der Waals surface area contributed by atoms with Crippen molar-refractivity contribution in [2.45, 2.75) is 13.0 Å². The standard InChI is InChI=1S/C15H19NO5/c1-10-4-5-11(8-12(10)19-2)14(17)16-6-7-21-13(9-16)15(18)20-3/h4-5,8,13H,6-7,9H2,1-3H3. The minimum Gasteiger partial charge on any atom is -0.496 e. The Balaban J connectivity index is 2.14. The van der Waals surface area contributed by atoms with Crippen LogP contribution in [0, 0.1) is 6.92 Å². The number of hydrogen-bond donors (Lipinski definition) is 0. The number of hydrogen-bond acceptors (Lipinski definition) is 5. The second kappa shape index (κ2) is 6.58. The first kappa shape index (κ1) is 15.3. The largest absolute Gasteiger partial charge is 0.496 e. The molecule has 0 spiro atoms. The third kappa shape index (κ3) is 3.33. The minimum atomic E-state index is -0.722. The number of amides is 1. The van der Waals surface area contributed by atoms with Crippen LogP contribution in [0.1, 0.15) is 15.9 Å². The van der Waals surface area contributed by atoms with Gasteiger partial charge in [-0.2, -0.15) is 0 Å². The molecule has 0 saturated carbocycles. The fourth-order valence-electron chi connectivity index (χ4n) is 2.24. The molecule has 1 aromatic carbocycles. The lowest BCUT2D eigenvalue weighted by Gasteiger charge is -2.31. The van der Waals surface area contributed by atoms with E-state index in [4.69, 9.17) is 9.47 Å². The fourth-order valence-corrected chi connectivity index (χ4v) is 2.24.